The number of nitrogens with zero attached hydrogens (tertiary/aromatic N) is 1. The summed E-state index contributed by atoms with van der Waals surface area (Å²) in [4.78, 5) is 2.41. The summed E-state index contributed by atoms with van der Waals surface area (Å²) in [5.41, 5.74) is 1.29. The van der Waals surface area contributed by atoms with Gasteiger partial charge in [0, 0.05) is 31.2 Å². The van der Waals surface area contributed by atoms with Gasteiger partial charge in [0.1, 0.15) is 0 Å². The number of benzene rings is 1. The lowest BCUT2D eigenvalue weighted by Gasteiger charge is -2.34. The van der Waals surface area contributed by atoms with Crippen LogP contribution in [0.3, 0.4) is 0 Å². The first kappa shape index (κ1) is 14.2. The van der Waals surface area contributed by atoms with Crippen molar-refractivity contribution in [3.8, 4) is 0 Å². The molecule has 1 rings (SSSR count). The van der Waals surface area contributed by atoms with Crippen LogP contribution in [-0.4, -0.2) is 29.2 Å². The largest absolute Gasteiger partial charge is 0.396 e. The lowest BCUT2D eigenvalue weighted by atomic mass is 9.93. The Balaban J connectivity index is 2.68. The van der Waals surface area contributed by atoms with Gasteiger partial charge in [0.05, 0.1) is 0 Å². The monoisotopic (exact) mass is 235 g/mol. The zero-order valence-electron chi connectivity index (χ0n) is 11.5. The van der Waals surface area contributed by atoms with Gasteiger partial charge in [0.2, 0.25) is 0 Å². The van der Waals surface area contributed by atoms with Gasteiger partial charge in [-0.2, -0.15) is 0 Å². The van der Waals surface area contributed by atoms with Gasteiger partial charge >= 0.3 is 0 Å². The van der Waals surface area contributed by atoms with Gasteiger partial charge in [0.25, 0.3) is 0 Å². The van der Waals surface area contributed by atoms with Gasteiger partial charge in [-0.25, -0.2) is 0 Å². The van der Waals surface area contributed by atoms with Crippen LogP contribution in [0.5, 0.6) is 0 Å². The van der Waals surface area contributed by atoms with Crippen molar-refractivity contribution in [2.75, 3.05) is 13.2 Å². The first-order valence-corrected chi connectivity index (χ1v) is 6.33. The van der Waals surface area contributed by atoms with Crippen molar-refractivity contribution in [3.63, 3.8) is 0 Å². The van der Waals surface area contributed by atoms with Crippen LogP contribution in [0.1, 0.15) is 33.3 Å². The van der Waals surface area contributed by atoms with Crippen LogP contribution >= 0.6 is 0 Å². The van der Waals surface area contributed by atoms with Crippen molar-refractivity contribution >= 4 is 0 Å². The molecule has 0 aromatic heterocycles. The molecular formula is C15H25NO. The molecule has 0 bridgehead atoms. The first-order valence-electron chi connectivity index (χ1n) is 6.33. The Morgan fingerprint density at radius 1 is 1.18 bits per heavy atom. The fourth-order valence-electron chi connectivity index (χ4n) is 1.84. The highest BCUT2D eigenvalue weighted by Crippen LogP contribution is 2.19. The van der Waals surface area contributed by atoms with E-state index in [0.717, 1.165) is 13.1 Å². The predicted octanol–water partition coefficient (Wildman–Crippen LogP) is 2.92. The molecule has 0 amide bonds. The highest BCUT2D eigenvalue weighted by Gasteiger charge is 2.22. The molecule has 0 atom stereocenters. The SMILES string of the molecule is CC(C)N(Cc1ccccc1)CC(C)(C)CO. The predicted molar refractivity (Wildman–Crippen MR) is 72.9 cm³/mol. The van der Waals surface area contributed by atoms with Gasteiger partial charge in [-0.05, 0) is 19.4 Å². The summed E-state index contributed by atoms with van der Waals surface area (Å²) in [5.74, 6) is 0. The van der Waals surface area contributed by atoms with Gasteiger partial charge in [0.15, 0.2) is 0 Å². The third-order valence-electron chi connectivity index (χ3n) is 3.02. The minimum absolute atomic E-state index is 0.0426. The lowest BCUT2D eigenvalue weighted by molar-refractivity contribution is 0.0822. The summed E-state index contributed by atoms with van der Waals surface area (Å²) in [6.45, 7) is 10.7. The summed E-state index contributed by atoms with van der Waals surface area (Å²) in [6.07, 6.45) is 0. The molecule has 96 valence electrons. The minimum atomic E-state index is -0.0426. The molecular weight excluding hydrogens is 210 g/mol. The third-order valence-corrected chi connectivity index (χ3v) is 3.02. The van der Waals surface area contributed by atoms with Crippen molar-refractivity contribution < 1.29 is 5.11 Å². The van der Waals surface area contributed by atoms with E-state index in [2.05, 4.69) is 56.9 Å². The maximum atomic E-state index is 9.36. The fraction of sp³-hybridized carbons (Fsp3) is 0.600. The second-order valence-corrected chi connectivity index (χ2v) is 5.81. The van der Waals surface area contributed by atoms with E-state index in [4.69, 9.17) is 0 Å². The molecule has 0 heterocycles. The van der Waals surface area contributed by atoms with E-state index < -0.39 is 0 Å². The van der Waals surface area contributed by atoms with Gasteiger partial charge in [-0.15, -0.1) is 0 Å². The molecule has 1 aromatic carbocycles. The van der Waals surface area contributed by atoms with Crippen LogP contribution in [0.15, 0.2) is 30.3 Å². The minimum Gasteiger partial charge on any atom is -0.396 e. The Labute approximate surface area is 105 Å². The maximum Gasteiger partial charge on any atom is 0.0494 e. The van der Waals surface area contributed by atoms with E-state index in [0.29, 0.717) is 6.04 Å². The Morgan fingerprint density at radius 2 is 1.76 bits per heavy atom. The van der Waals surface area contributed by atoms with Crippen LogP contribution in [-0.2, 0) is 6.54 Å². The van der Waals surface area contributed by atoms with E-state index in [1.165, 1.54) is 5.56 Å². The molecule has 2 heteroatoms. The smallest absolute Gasteiger partial charge is 0.0494 e. The van der Waals surface area contributed by atoms with E-state index in [1.807, 2.05) is 6.07 Å². The molecule has 0 spiro atoms. The fourth-order valence-corrected chi connectivity index (χ4v) is 1.84. The standard InChI is InChI=1S/C15H25NO/c1-13(2)16(11-15(3,4)12-17)10-14-8-6-5-7-9-14/h5-9,13,17H,10-12H2,1-4H3. The third kappa shape index (κ3) is 4.88. The average molecular weight is 235 g/mol. The molecule has 0 unspecified atom stereocenters. The van der Waals surface area contributed by atoms with Gasteiger partial charge in [-0.3, -0.25) is 4.90 Å². The van der Waals surface area contributed by atoms with Gasteiger partial charge < -0.3 is 5.11 Å². The number of hydrogen-bond acceptors (Lipinski definition) is 2. The van der Waals surface area contributed by atoms with Gasteiger partial charge in [-0.1, -0.05) is 44.2 Å². The normalized spacial score (nSPS) is 12.4. The average Bonchev–Trinajstić information content (AvgIpc) is 2.29. The zero-order valence-corrected chi connectivity index (χ0v) is 11.5. The second-order valence-electron chi connectivity index (χ2n) is 5.81. The molecule has 0 aliphatic rings. The Bertz CT molecular complexity index is 319. The van der Waals surface area contributed by atoms with Crippen molar-refractivity contribution in [3.05, 3.63) is 35.9 Å². The van der Waals surface area contributed by atoms with Crippen LogP contribution in [0.2, 0.25) is 0 Å². The molecule has 1 aromatic rings. The summed E-state index contributed by atoms with van der Waals surface area (Å²) in [7, 11) is 0. The topological polar surface area (TPSA) is 23.5 Å². The molecule has 0 radical (unpaired) electrons. The molecule has 17 heavy (non-hydrogen) atoms. The number of aliphatic hydroxyl groups excluding tert-OH is 1. The summed E-state index contributed by atoms with van der Waals surface area (Å²) in [6, 6.07) is 11.0. The highest BCUT2D eigenvalue weighted by atomic mass is 16.3. The van der Waals surface area contributed by atoms with Crippen LogP contribution in [0.4, 0.5) is 0 Å². The van der Waals surface area contributed by atoms with Crippen molar-refractivity contribution in [2.45, 2.75) is 40.3 Å². The number of hydrogen-bond donors (Lipinski definition) is 1. The van der Waals surface area contributed by atoms with Crippen LogP contribution < -0.4 is 0 Å². The van der Waals surface area contributed by atoms with Crippen LogP contribution in [0.25, 0.3) is 0 Å². The van der Waals surface area contributed by atoms with E-state index in [9.17, 15) is 5.11 Å². The summed E-state index contributed by atoms with van der Waals surface area (Å²) >= 11 is 0. The number of rotatable bonds is 6. The Hall–Kier alpha value is -0.860. The molecule has 0 saturated heterocycles. The number of aliphatic hydroxyl groups is 1. The zero-order chi connectivity index (χ0) is 12.9. The Kier molecular flexibility index (Phi) is 5.16. The molecule has 1 N–H and O–H groups in total. The molecule has 0 saturated carbocycles. The van der Waals surface area contributed by atoms with Crippen molar-refractivity contribution in [1.82, 2.24) is 4.90 Å². The molecule has 2 nitrogen and oxygen atoms in total. The second kappa shape index (κ2) is 6.18. The summed E-state index contributed by atoms with van der Waals surface area (Å²) in [5, 5.41) is 9.36. The first-order chi connectivity index (χ1) is 7.94. The summed E-state index contributed by atoms with van der Waals surface area (Å²) < 4.78 is 0. The quantitative estimate of drug-likeness (QED) is 0.819. The maximum absolute atomic E-state index is 9.36. The highest BCUT2D eigenvalue weighted by molar-refractivity contribution is 5.14. The van der Waals surface area contributed by atoms with Crippen molar-refractivity contribution in [2.24, 2.45) is 5.41 Å². The molecule has 0 fully saturated rings. The van der Waals surface area contributed by atoms with Crippen LogP contribution in [0, 0.1) is 5.41 Å². The molecule has 0 aliphatic carbocycles. The van der Waals surface area contributed by atoms with Crippen molar-refractivity contribution in [1.29, 1.82) is 0 Å². The Morgan fingerprint density at radius 3 is 2.24 bits per heavy atom. The van der Waals surface area contributed by atoms with E-state index in [-0.39, 0.29) is 12.0 Å². The lowest BCUT2D eigenvalue weighted by Crippen LogP contribution is -2.40. The molecule has 0 aliphatic heterocycles. The van der Waals surface area contributed by atoms with E-state index >= 15 is 0 Å². The van der Waals surface area contributed by atoms with E-state index in [1.54, 1.807) is 0 Å².